The fourth-order valence-electron chi connectivity index (χ4n) is 2.99. The first-order chi connectivity index (χ1) is 11.5. The van der Waals surface area contributed by atoms with Crippen molar-refractivity contribution in [2.75, 3.05) is 37.6 Å². The van der Waals surface area contributed by atoms with Gasteiger partial charge in [-0.25, -0.2) is 4.98 Å². The van der Waals surface area contributed by atoms with E-state index in [1.54, 1.807) is 4.90 Å². The van der Waals surface area contributed by atoms with Gasteiger partial charge in [-0.3, -0.25) is 4.90 Å². The van der Waals surface area contributed by atoms with Crippen molar-refractivity contribution in [2.24, 2.45) is 0 Å². The second-order valence-corrected chi connectivity index (χ2v) is 5.94. The predicted molar refractivity (Wildman–Crippen MR) is 88.0 cm³/mol. The molecule has 1 aromatic carbocycles. The maximum absolute atomic E-state index is 13.1. The van der Waals surface area contributed by atoms with Gasteiger partial charge >= 0.3 is 6.18 Å². The molecule has 0 atom stereocenters. The summed E-state index contributed by atoms with van der Waals surface area (Å²) in [4.78, 5) is 8.00. The Bertz CT molecular complexity index is 650. The summed E-state index contributed by atoms with van der Waals surface area (Å²) in [5.41, 5.74) is 0.631. The summed E-state index contributed by atoms with van der Waals surface area (Å²) >= 11 is 0. The van der Waals surface area contributed by atoms with Gasteiger partial charge in [-0.2, -0.15) is 13.2 Å². The van der Waals surface area contributed by atoms with E-state index in [0.29, 0.717) is 13.1 Å². The molecule has 1 aliphatic rings. The minimum atomic E-state index is -4.37. The Morgan fingerprint density at radius 2 is 1.62 bits per heavy atom. The van der Waals surface area contributed by atoms with Crippen molar-refractivity contribution in [3.8, 4) is 0 Å². The highest BCUT2D eigenvalue weighted by atomic mass is 19.4. The van der Waals surface area contributed by atoms with Crippen LogP contribution in [0.15, 0.2) is 48.7 Å². The molecule has 128 valence electrons. The van der Waals surface area contributed by atoms with Crippen molar-refractivity contribution >= 4 is 5.82 Å². The first-order valence-electron chi connectivity index (χ1n) is 8.07. The number of pyridine rings is 1. The van der Waals surface area contributed by atoms with E-state index in [9.17, 15) is 13.2 Å². The molecule has 0 N–H and O–H groups in total. The van der Waals surface area contributed by atoms with Crippen LogP contribution in [0.1, 0.15) is 11.1 Å². The lowest BCUT2D eigenvalue weighted by molar-refractivity contribution is -0.137. The van der Waals surface area contributed by atoms with E-state index in [-0.39, 0.29) is 5.82 Å². The molecule has 3 nitrogen and oxygen atoms in total. The number of anilines is 1. The Morgan fingerprint density at radius 3 is 2.29 bits per heavy atom. The number of benzene rings is 1. The Hall–Kier alpha value is -2.08. The number of hydrogen-bond donors (Lipinski definition) is 0. The van der Waals surface area contributed by atoms with E-state index >= 15 is 0 Å². The lowest BCUT2D eigenvalue weighted by atomic mass is 10.1. The van der Waals surface area contributed by atoms with Crippen molar-refractivity contribution < 1.29 is 13.2 Å². The van der Waals surface area contributed by atoms with Crippen molar-refractivity contribution in [2.45, 2.75) is 12.6 Å². The summed E-state index contributed by atoms with van der Waals surface area (Å²) in [7, 11) is 0. The largest absolute Gasteiger partial charge is 0.419 e. The molecule has 24 heavy (non-hydrogen) atoms. The first-order valence-corrected chi connectivity index (χ1v) is 8.07. The lowest BCUT2D eigenvalue weighted by Crippen LogP contribution is -2.47. The normalized spacial score (nSPS) is 16.4. The summed E-state index contributed by atoms with van der Waals surface area (Å²) in [6.45, 7) is 3.55. The van der Waals surface area contributed by atoms with Gasteiger partial charge < -0.3 is 4.90 Å². The van der Waals surface area contributed by atoms with E-state index in [1.165, 1.54) is 17.8 Å². The van der Waals surface area contributed by atoms with Gasteiger partial charge in [-0.05, 0) is 24.1 Å². The Morgan fingerprint density at radius 1 is 0.917 bits per heavy atom. The van der Waals surface area contributed by atoms with E-state index in [0.717, 1.165) is 32.1 Å². The molecule has 1 aromatic heterocycles. The second-order valence-electron chi connectivity index (χ2n) is 5.94. The SMILES string of the molecule is FC(F)(F)c1cccnc1N1CCN(CCc2ccccc2)CC1. The standard InChI is InChI=1S/C18H20F3N3/c19-18(20,21)16-7-4-9-22-17(16)24-13-11-23(12-14-24)10-8-15-5-2-1-3-6-15/h1-7,9H,8,10-14H2. The molecule has 0 unspecified atom stereocenters. The van der Waals surface area contributed by atoms with E-state index in [2.05, 4.69) is 22.0 Å². The van der Waals surface area contributed by atoms with Crippen LogP contribution in [-0.2, 0) is 12.6 Å². The zero-order valence-corrected chi connectivity index (χ0v) is 13.3. The van der Waals surface area contributed by atoms with Gasteiger partial charge in [0.1, 0.15) is 5.82 Å². The highest BCUT2D eigenvalue weighted by molar-refractivity contribution is 5.48. The van der Waals surface area contributed by atoms with E-state index < -0.39 is 11.7 Å². The molecule has 2 heterocycles. The third-order valence-corrected chi connectivity index (χ3v) is 4.32. The zero-order chi connectivity index (χ0) is 17.0. The molecule has 3 rings (SSSR count). The van der Waals surface area contributed by atoms with Gasteiger partial charge in [-0.15, -0.1) is 0 Å². The van der Waals surface area contributed by atoms with Crippen LogP contribution < -0.4 is 4.90 Å². The van der Waals surface area contributed by atoms with Gasteiger partial charge in [0.15, 0.2) is 0 Å². The van der Waals surface area contributed by atoms with Crippen molar-refractivity contribution in [1.82, 2.24) is 9.88 Å². The Kier molecular flexibility index (Phi) is 5.04. The third-order valence-electron chi connectivity index (χ3n) is 4.32. The topological polar surface area (TPSA) is 19.4 Å². The van der Waals surface area contributed by atoms with Gasteiger partial charge in [0.2, 0.25) is 0 Å². The highest BCUT2D eigenvalue weighted by Crippen LogP contribution is 2.35. The number of aromatic nitrogens is 1. The molecule has 1 aliphatic heterocycles. The van der Waals surface area contributed by atoms with Gasteiger partial charge in [0, 0.05) is 38.9 Å². The average Bonchev–Trinajstić information content (AvgIpc) is 2.61. The maximum Gasteiger partial charge on any atom is 0.419 e. The molecule has 0 amide bonds. The number of halogens is 3. The molecular formula is C18H20F3N3. The monoisotopic (exact) mass is 335 g/mol. The van der Waals surface area contributed by atoms with Gasteiger partial charge in [-0.1, -0.05) is 30.3 Å². The quantitative estimate of drug-likeness (QED) is 0.853. The predicted octanol–water partition coefficient (Wildman–Crippen LogP) is 3.47. The van der Waals surface area contributed by atoms with Crippen LogP contribution in [0.3, 0.4) is 0 Å². The molecule has 0 radical (unpaired) electrons. The van der Waals surface area contributed by atoms with Gasteiger partial charge in [0.05, 0.1) is 5.56 Å². The minimum absolute atomic E-state index is 0.0488. The summed E-state index contributed by atoms with van der Waals surface area (Å²) in [6, 6.07) is 12.7. The fourth-order valence-corrected chi connectivity index (χ4v) is 2.99. The molecule has 1 fully saturated rings. The molecule has 0 aliphatic carbocycles. The Labute approximate surface area is 139 Å². The second kappa shape index (κ2) is 7.21. The van der Waals surface area contributed by atoms with Crippen LogP contribution in [-0.4, -0.2) is 42.6 Å². The molecule has 0 bridgehead atoms. The maximum atomic E-state index is 13.1. The van der Waals surface area contributed by atoms with Crippen LogP contribution in [0.5, 0.6) is 0 Å². The van der Waals surface area contributed by atoms with E-state index in [1.807, 2.05) is 18.2 Å². The summed E-state index contributed by atoms with van der Waals surface area (Å²) in [5.74, 6) is 0.0488. The van der Waals surface area contributed by atoms with Crippen LogP contribution in [0.4, 0.5) is 19.0 Å². The molecule has 2 aromatic rings. The Balaban J connectivity index is 1.58. The summed E-state index contributed by atoms with van der Waals surface area (Å²) < 4.78 is 39.3. The summed E-state index contributed by atoms with van der Waals surface area (Å²) in [6.07, 6.45) is -1.99. The number of rotatable bonds is 4. The van der Waals surface area contributed by atoms with Crippen LogP contribution in [0.2, 0.25) is 0 Å². The molecule has 6 heteroatoms. The van der Waals surface area contributed by atoms with Crippen LogP contribution in [0.25, 0.3) is 0 Å². The smallest absolute Gasteiger partial charge is 0.354 e. The van der Waals surface area contributed by atoms with Crippen LogP contribution >= 0.6 is 0 Å². The van der Waals surface area contributed by atoms with Crippen molar-refractivity contribution in [3.63, 3.8) is 0 Å². The van der Waals surface area contributed by atoms with Crippen molar-refractivity contribution in [3.05, 3.63) is 59.8 Å². The third kappa shape index (κ3) is 4.06. The number of hydrogen-bond acceptors (Lipinski definition) is 3. The number of piperazine rings is 1. The van der Waals surface area contributed by atoms with Crippen molar-refractivity contribution in [1.29, 1.82) is 0 Å². The highest BCUT2D eigenvalue weighted by Gasteiger charge is 2.36. The number of nitrogens with zero attached hydrogens (tertiary/aromatic N) is 3. The van der Waals surface area contributed by atoms with Crippen LogP contribution in [0, 0.1) is 0 Å². The van der Waals surface area contributed by atoms with Gasteiger partial charge in [0.25, 0.3) is 0 Å². The molecular weight excluding hydrogens is 315 g/mol. The molecule has 1 saturated heterocycles. The fraction of sp³-hybridized carbons (Fsp3) is 0.389. The molecule has 0 spiro atoms. The van der Waals surface area contributed by atoms with E-state index in [4.69, 9.17) is 0 Å². The number of alkyl halides is 3. The average molecular weight is 335 g/mol. The summed E-state index contributed by atoms with van der Waals surface area (Å²) in [5, 5.41) is 0. The first kappa shape index (κ1) is 16.8. The minimum Gasteiger partial charge on any atom is -0.354 e. The lowest BCUT2D eigenvalue weighted by Gasteiger charge is -2.36. The zero-order valence-electron chi connectivity index (χ0n) is 13.3. The molecule has 0 saturated carbocycles.